The van der Waals surface area contributed by atoms with Crippen LogP contribution in [0, 0.1) is 0 Å². The van der Waals surface area contributed by atoms with E-state index in [1.807, 2.05) is 11.3 Å². The molecule has 2 aromatic rings. The van der Waals surface area contributed by atoms with E-state index in [-0.39, 0.29) is 17.5 Å². The molecule has 0 radical (unpaired) electrons. The Hall–Kier alpha value is -1.21. The lowest BCUT2D eigenvalue weighted by molar-refractivity contribution is 0.602. The molecule has 128 valence electrons. The molecule has 1 aliphatic heterocycles. The van der Waals surface area contributed by atoms with Crippen molar-refractivity contribution < 1.29 is 8.42 Å². The van der Waals surface area contributed by atoms with Crippen molar-refractivity contribution in [2.45, 2.75) is 56.9 Å². The highest BCUT2D eigenvalue weighted by molar-refractivity contribution is 7.91. The second-order valence-corrected chi connectivity index (χ2v) is 10.7. The first-order valence-electron chi connectivity index (χ1n) is 8.88. The van der Waals surface area contributed by atoms with Crippen LogP contribution in [0.25, 0.3) is 10.2 Å². The van der Waals surface area contributed by atoms with Crippen molar-refractivity contribution >= 4 is 37.2 Å². The molecule has 0 bridgehead atoms. The number of anilines is 1. The predicted molar refractivity (Wildman–Crippen MR) is 96.7 cm³/mol. The Balaban J connectivity index is 1.60. The first-order valence-corrected chi connectivity index (χ1v) is 11.5. The quantitative estimate of drug-likeness (QED) is 0.907. The van der Waals surface area contributed by atoms with E-state index in [4.69, 9.17) is 9.97 Å². The highest BCUT2D eigenvalue weighted by Crippen LogP contribution is 2.43. The summed E-state index contributed by atoms with van der Waals surface area (Å²) in [4.78, 5) is 12.3. The lowest BCUT2D eigenvalue weighted by Gasteiger charge is -2.16. The number of nitrogens with one attached hydrogen (secondary N) is 1. The average molecular weight is 364 g/mol. The Bertz CT molecular complexity index is 916. The van der Waals surface area contributed by atoms with Crippen molar-refractivity contribution in [1.29, 1.82) is 0 Å². The van der Waals surface area contributed by atoms with E-state index in [0.29, 0.717) is 12.3 Å². The maximum atomic E-state index is 11.8. The van der Waals surface area contributed by atoms with E-state index in [1.54, 1.807) is 0 Å². The van der Waals surface area contributed by atoms with Gasteiger partial charge in [0.2, 0.25) is 0 Å². The molecule has 0 aromatic carbocycles. The molecule has 1 N–H and O–H groups in total. The third-order valence-electron chi connectivity index (χ3n) is 5.35. The van der Waals surface area contributed by atoms with Gasteiger partial charge in [0, 0.05) is 16.8 Å². The number of fused-ring (bicyclic) bond motifs is 3. The maximum absolute atomic E-state index is 11.8. The van der Waals surface area contributed by atoms with Gasteiger partial charge in [0.05, 0.1) is 16.9 Å². The third kappa shape index (κ3) is 2.62. The molecule has 3 aliphatic rings. The van der Waals surface area contributed by atoms with Crippen LogP contribution in [0.15, 0.2) is 0 Å². The summed E-state index contributed by atoms with van der Waals surface area (Å²) in [6.07, 6.45) is 7.75. The Morgan fingerprint density at radius 3 is 2.67 bits per heavy atom. The van der Waals surface area contributed by atoms with Crippen molar-refractivity contribution in [1.82, 2.24) is 9.97 Å². The van der Waals surface area contributed by atoms with Gasteiger partial charge in [-0.05, 0) is 50.5 Å². The van der Waals surface area contributed by atoms with Crippen molar-refractivity contribution in [3.05, 3.63) is 16.3 Å². The number of aromatic nitrogens is 2. The molecule has 1 atom stereocenters. The highest BCUT2D eigenvalue weighted by atomic mass is 32.2. The first-order chi connectivity index (χ1) is 11.6. The summed E-state index contributed by atoms with van der Waals surface area (Å²) >= 11 is 1.82. The third-order valence-corrected chi connectivity index (χ3v) is 8.30. The van der Waals surface area contributed by atoms with Crippen LogP contribution >= 0.6 is 11.3 Å². The Labute approximate surface area is 145 Å². The summed E-state index contributed by atoms with van der Waals surface area (Å²) in [6.45, 7) is 0. The lowest BCUT2D eigenvalue weighted by atomic mass is 9.97. The van der Waals surface area contributed by atoms with E-state index < -0.39 is 9.84 Å². The summed E-state index contributed by atoms with van der Waals surface area (Å²) in [7, 11) is -2.89. The van der Waals surface area contributed by atoms with Crippen LogP contribution in [0.5, 0.6) is 0 Å². The first kappa shape index (κ1) is 15.1. The molecule has 1 saturated heterocycles. The molecular formula is C17H21N3O2S2. The molecule has 1 saturated carbocycles. The molecule has 5 rings (SSSR count). The monoisotopic (exact) mass is 363 g/mol. The largest absolute Gasteiger partial charge is 0.366 e. The zero-order chi connectivity index (χ0) is 16.3. The zero-order valence-electron chi connectivity index (χ0n) is 13.5. The van der Waals surface area contributed by atoms with Gasteiger partial charge in [-0.1, -0.05) is 0 Å². The molecule has 3 heterocycles. The summed E-state index contributed by atoms with van der Waals surface area (Å²) in [5.74, 6) is 2.86. The van der Waals surface area contributed by atoms with Gasteiger partial charge in [-0.2, -0.15) is 0 Å². The van der Waals surface area contributed by atoms with Gasteiger partial charge in [-0.3, -0.25) is 0 Å². The molecule has 2 aromatic heterocycles. The van der Waals surface area contributed by atoms with E-state index in [2.05, 4.69) is 5.32 Å². The Morgan fingerprint density at radius 1 is 1.08 bits per heavy atom. The van der Waals surface area contributed by atoms with Crippen molar-refractivity contribution in [2.24, 2.45) is 0 Å². The van der Waals surface area contributed by atoms with Gasteiger partial charge in [0.25, 0.3) is 0 Å². The van der Waals surface area contributed by atoms with Crippen LogP contribution < -0.4 is 5.32 Å². The van der Waals surface area contributed by atoms with Crippen molar-refractivity contribution in [3.63, 3.8) is 0 Å². The summed E-state index contributed by atoms with van der Waals surface area (Å²) < 4.78 is 23.6. The maximum Gasteiger partial charge on any atom is 0.152 e. The SMILES string of the molecule is O=S1(=O)CCC(Nc2nc(C3CC3)nc3sc4c(c23)CCCC4)C1. The van der Waals surface area contributed by atoms with Crippen LogP contribution in [0.4, 0.5) is 5.82 Å². The summed E-state index contributed by atoms with van der Waals surface area (Å²) in [5.41, 5.74) is 1.41. The van der Waals surface area contributed by atoms with E-state index in [1.165, 1.54) is 41.5 Å². The number of nitrogens with zero attached hydrogens (tertiary/aromatic N) is 2. The number of aryl methyl sites for hydroxylation is 2. The number of rotatable bonds is 3. The highest BCUT2D eigenvalue weighted by Gasteiger charge is 2.32. The second kappa shape index (κ2) is 5.39. The fourth-order valence-electron chi connectivity index (χ4n) is 3.90. The number of thiophene rings is 1. The van der Waals surface area contributed by atoms with Gasteiger partial charge >= 0.3 is 0 Å². The number of hydrogen-bond donors (Lipinski definition) is 1. The van der Waals surface area contributed by atoms with E-state index >= 15 is 0 Å². The van der Waals surface area contributed by atoms with Gasteiger partial charge in [-0.15, -0.1) is 11.3 Å². The molecule has 7 heteroatoms. The summed E-state index contributed by atoms with van der Waals surface area (Å²) in [6, 6.07) is -0.0145. The standard InChI is InChI=1S/C17H21N3O2S2/c21-24(22)8-7-11(9-24)18-16-14-12-3-1-2-4-13(12)23-17(14)20-15(19-16)10-5-6-10/h10-11H,1-9H2,(H,18,19,20). The minimum absolute atomic E-state index is 0.0145. The Morgan fingerprint density at radius 2 is 1.92 bits per heavy atom. The molecule has 2 aliphatic carbocycles. The summed E-state index contributed by atoms with van der Waals surface area (Å²) in [5, 5.41) is 4.64. The molecule has 1 unspecified atom stereocenters. The van der Waals surface area contributed by atoms with Crippen LogP contribution in [-0.2, 0) is 22.7 Å². The molecule has 2 fully saturated rings. The predicted octanol–water partition coefficient (Wildman–Crippen LogP) is 3.05. The minimum atomic E-state index is -2.89. The van der Waals surface area contributed by atoms with E-state index in [9.17, 15) is 8.42 Å². The van der Waals surface area contributed by atoms with Crippen molar-refractivity contribution in [2.75, 3.05) is 16.8 Å². The van der Waals surface area contributed by atoms with Gasteiger partial charge in [0.1, 0.15) is 16.5 Å². The lowest BCUT2D eigenvalue weighted by Crippen LogP contribution is -2.22. The normalized spacial score (nSPS) is 25.8. The molecule has 0 spiro atoms. The van der Waals surface area contributed by atoms with Gasteiger partial charge in [0.15, 0.2) is 9.84 Å². The average Bonchev–Trinajstić information content (AvgIpc) is 3.25. The second-order valence-electron chi connectivity index (χ2n) is 7.34. The van der Waals surface area contributed by atoms with Crippen LogP contribution in [0.3, 0.4) is 0 Å². The van der Waals surface area contributed by atoms with Crippen molar-refractivity contribution in [3.8, 4) is 0 Å². The van der Waals surface area contributed by atoms with Crippen LogP contribution in [0.2, 0.25) is 0 Å². The fourth-order valence-corrected chi connectivity index (χ4v) is 6.85. The topological polar surface area (TPSA) is 72.0 Å². The van der Waals surface area contributed by atoms with Crippen LogP contribution in [0.1, 0.15) is 54.3 Å². The molecule has 24 heavy (non-hydrogen) atoms. The number of sulfone groups is 1. The van der Waals surface area contributed by atoms with Gasteiger partial charge in [-0.25, -0.2) is 18.4 Å². The minimum Gasteiger partial charge on any atom is -0.366 e. The zero-order valence-corrected chi connectivity index (χ0v) is 15.2. The smallest absolute Gasteiger partial charge is 0.152 e. The van der Waals surface area contributed by atoms with Gasteiger partial charge < -0.3 is 5.32 Å². The molecular weight excluding hydrogens is 342 g/mol. The van der Waals surface area contributed by atoms with Crippen LogP contribution in [-0.4, -0.2) is 35.9 Å². The number of hydrogen-bond acceptors (Lipinski definition) is 6. The Kier molecular flexibility index (Phi) is 3.39. The fraction of sp³-hybridized carbons (Fsp3) is 0.647. The molecule has 0 amide bonds. The van der Waals surface area contributed by atoms with E-state index in [0.717, 1.165) is 29.3 Å². The molecule has 5 nitrogen and oxygen atoms in total.